The van der Waals surface area contributed by atoms with Crippen LogP contribution < -0.4 is 0 Å². The van der Waals surface area contributed by atoms with Crippen molar-refractivity contribution in [1.29, 1.82) is 0 Å². The van der Waals surface area contributed by atoms with E-state index < -0.39 is 76.8 Å². The third-order valence-electron chi connectivity index (χ3n) is 14.6. The lowest BCUT2D eigenvalue weighted by molar-refractivity contribution is -0.409. The van der Waals surface area contributed by atoms with Crippen molar-refractivity contribution in [2.24, 2.45) is 41.4 Å². The Bertz CT molecular complexity index is 1340. The average molecular weight is 765 g/mol. The maximum absolute atomic E-state index is 14.5. The number of carbonyl (C=O) groups excluding carboxylic acids is 1. The van der Waals surface area contributed by atoms with Crippen molar-refractivity contribution >= 4 is 11.8 Å². The van der Waals surface area contributed by atoms with Gasteiger partial charge in [-0.2, -0.15) is 0 Å². The van der Waals surface area contributed by atoms with Gasteiger partial charge in [0.15, 0.2) is 5.79 Å². The van der Waals surface area contributed by atoms with Crippen LogP contribution in [0.2, 0.25) is 0 Å². The Morgan fingerprint density at radius 3 is 2.22 bits per heavy atom. The second-order valence-electron chi connectivity index (χ2n) is 18.3. The number of hydrogen-bond donors (Lipinski definition) is 4. The molecule has 0 bridgehead atoms. The maximum Gasteiger partial charge on any atom is 0.309 e. The van der Waals surface area contributed by atoms with Gasteiger partial charge in [0.2, 0.25) is 5.79 Å². The first-order valence-corrected chi connectivity index (χ1v) is 21.2. The largest absolute Gasteiger partial charge is 0.481 e. The first-order valence-electron chi connectivity index (χ1n) is 21.2. The summed E-state index contributed by atoms with van der Waals surface area (Å²) in [5, 5.41) is 44.2. The Hall–Kier alpha value is -1.44. The van der Waals surface area contributed by atoms with E-state index in [2.05, 4.69) is 20.8 Å². The van der Waals surface area contributed by atoms with Crippen molar-refractivity contribution in [3.8, 4) is 0 Å². The van der Waals surface area contributed by atoms with Crippen LogP contribution in [0.25, 0.3) is 0 Å². The molecule has 0 saturated carbocycles. The summed E-state index contributed by atoms with van der Waals surface area (Å²) in [4.78, 5) is 26.6. The fourth-order valence-corrected chi connectivity index (χ4v) is 10.7. The molecule has 2 spiro atoms. The number of ketones is 1. The first-order chi connectivity index (χ1) is 25.3. The minimum Gasteiger partial charge on any atom is -0.481 e. The Morgan fingerprint density at radius 1 is 0.907 bits per heavy atom. The molecule has 4 fully saturated rings. The van der Waals surface area contributed by atoms with Crippen LogP contribution in [0.3, 0.4) is 0 Å². The molecule has 5 aliphatic rings. The maximum atomic E-state index is 14.5. The molecule has 4 N–H and O–H groups in total. The molecule has 18 unspecified atom stereocenters. The fourth-order valence-electron chi connectivity index (χ4n) is 10.7. The number of Topliss-reactive ketones (excluding diaryl/α,β-unsaturated/α-hetero) is 1. The van der Waals surface area contributed by atoms with Crippen molar-refractivity contribution in [2.45, 2.75) is 205 Å². The van der Waals surface area contributed by atoms with Crippen molar-refractivity contribution in [3.63, 3.8) is 0 Å². The van der Waals surface area contributed by atoms with Gasteiger partial charge >= 0.3 is 5.97 Å². The van der Waals surface area contributed by atoms with E-state index in [0.717, 1.165) is 12.8 Å². The van der Waals surface area contributed by atoms with E-state index in [9.17, 15) is 30.0 Å². The third kappa shape index (κ3) is 8.13. The molecule has 5 rings (SSSR count). The minimum atomic E-state index is -1.37. The second-order valence-corrected chi connectivity index (χ2v) is 18.3. The van der Waals surface area contributed by atoms with E-state index in [1.807, 2.05) is 41.5 Å². The van der Waals surface area contributed by atoms with Crippen LogP contribution in [0, 0.1) is 41.4 Å². The van der Waals surface area contributed by atoms with Gasteiger partial charge in [-0.25, -0.2) is 0 Å². The number of aliphatic hydroxyl groups excluding tert-OH is 2. The van der Waals surface area contributed by atoms with E-state index in [4.69, 9.17) is 23.7 Å². The molecule has 310 valence electrons. The fraction of sp³-hybridized carbons (Fsp3) is 0.907. The number of ether oxygens (including phenoxy) is 5. The van der Waals surface area contributed by atoms with Gasteiger partial charge in [-0.3, -0.25) is 9.59 Å². The van der Waals surface area contributed by atoms with Gasteiger partial charge in [0.1, 0.15) is 11.9 Å². The van der Waals surface area contributed by atoms with E-state index in [-0.39, 0.29) is 41.8 Å². The molecule has 0 radical (unpaired) electrons. The van der Waals surface area contributed by atoms with Crippen molar-refractivity contribution in [2.75, 3.05) is 0 Å². The lowest BCUT2D eigenvalue weighted by atomic mass is 9.72. The molecule has 54 heavy (non-hydrogen) atoms. The van der Waals surface area contributed by atoms with Crippen molar-refractivity contribution in [1.82, 2.24) is 0 Å². The summed E-state index contributed by atoms with van der Waals surface area (Å²) in [6.07, 6.45) is 6.34. The number of carboxylic acids is 1. The third-order valence-corrected chi connectivity index (χ3v) is 14.6. The molecule has 11 nitrogen and oxygen atoms in total. The zero-order valence-electron chi connectivity index (χ0n) is 34.7. The van der Waals surface area contributed by atoms with Gasteiger partial charge in [-0.1, -0.05) is 61.8 Å². The monoisotopic (exact) mass is 765 g/mol. The molecule has 18 atom stereocenters. The number of aliphatic hydroxyl groups is 3. The second kappa shape index (κ2) is 16.8. The molecule has 0 aromatic rings. The Balaban J connectivity index is 1.31. The lowest BCUT2D eigenvalue weighted by Gasteiger charge is -2.54. The smallest absolute Gasteiger partial charge is 0.309 e. The topological polar surface area (TPSA) is 161 Å². The van der Waals surface area contributed by atoms with Gasteiger partial charge in [0.05, 0.1) is 53.7 Å². The quantitative estimate of drug-likeness (QED) is 0.150. The predicted molar refractivity (Wildman–Crippen MR) is 203 cm³/mol. The van der Waals surface area contributed by atoms with Gasteiger partial charge in [0, 0.05) is 30.1 Å². The molecular weight excluding hydrogens is 692 g/mol. The summed E-state index contributed by atoms with van der Waals surface area (Å²) >= 11 is 0. The van der Waals surface area contributed by atoms with Crippen molar-refractivity contribution in [3.05, 3.63) is 12.2 Å². The zero-order valence-corrected chi connectivity index (χ0v) is 34.7. The summed E-state index contributed by atoms with van der Waals surface area (Å²) in [5.41, 5.74) is -1.63. The van der Waals surface area contributed by atoms with E-state index in [1.54, 1.807) is 19.1 Å². The standard InChI is InChI=1S/C43H72O11/c1-11-14-31(39(47)48)32-16-15-24(4)37(51-32)28(8)35(45)27(7)36(46)30(12-2)38-25(5)23-26(6)42(52-38)20-17-33(44)43(54-42)22-21-40(10,53-43)34-18-19-41(49,13-3)29(9)50-34/h17,20,24-35,37-38,44-45,49H,11-16,18-19,21-23H2,1-10H3,(H,47,48). The molecule has 0 amide bonds. The number of rotatable bonds is 13. The number of aliphatic carboxylic acids is 1. The highest BCUT2D eigenvalue weighted by Crippen LogP contribution is 2.54. The summed E-state index contributed by atoms with van der Waals surface area (Å²) in [6.45, 7) is 19.8. The highest BCUT2D eigenvalue weighted by Gasteiger charge is 2.63. The highest BCUT2D eigenvalue weighted by molar-refractivity contribution is 5.84. The summed E-state index contributed by atoms with van der Waals surface area (Å²) in [6, 6.07) is 0. The molecule has 5 aliphatic heterocycles. The first kappa shape index (κ1) is 43.7. The number of carboxylic acid groups (broad SMARTS) is 1. The van der Waals surface area contributed by atoms with Gasteiger partial charge in [0.25, 0.3) is 0 Å². The molecule has 4 saturated heterocycles. The van der Waals surface area contributed by atoms with Crippen LogP contribution in [0.1, 0.15) is 140 Å². The SMILES string of the molecule is CCCC(C(=O)O)C1CCC(C)C(C(C)C(O)C(C)C(=O)C(CC)C2OC3(C=CC(O)C4(CCC(C)(C5CCC(O)(CC)C(C)O5)O4)O3)C(C)CC2C)O1. The van der Waals surface area contributed by atoms with Crippen LogP contribution in [-0.4, -0.2) is 97.7 Å². The lowest BCUT2D eigenvalue weighted by Crippen LogP contribution is -2.63. The zero-order chi connectivity index (χ0) is 40.0. The summed E-state index contributed by atoms with van der Waals surface area (Å²) in [5.74, 6) is -5.75. The Kier molecular flexibility index (Phi) is 13.6. The van der Waals surface area contributed by atoms with Gasteiger partial charge in [-0.05, 0) is 95.6 Å². The van der Waals surface area contributed by atoms with E-state index >= 15 is 0 Å². The molecule has 0 aromatic carbocycles. The van der Waals surface area contributed by atoms with E-state index in [0.29, 0.717) is 57.8 Å². The van der Waals surface area contributed by atoms with Crippen molar-refractivity contribution < 1.29 is 53.7 Å². The predicted octanol–water partition coefficient (Wildman–Crippen LogP) is 6.58. The number of carbonyl (C=O) groups is 2. The minimum absolute atomic E-state index is 0.0132. The van der Waals surface area contributed by atoms with Crippen LogP contribution in [0.4, 0.5) is 0 Å². The van der Waals surface area contributed by atoms with Crippen LogP contribution in [0.5, 0.6) is 0 Å². The van der Waals surface area contributed by atoms with Crippen LogP contribution >= 0.6 is 0 Å². The van der Waals surface area contributed by atoms with Gasteiger partial charge in [-0.15, -0.1) is 0 Å². The highest BCUT2D eigenvalue weighted by atomic mass is 16.8. The molecular formula is C43H72O11. The molecule has 11 heteroatoms. The Labute approximate surface area is 323 Å². The van der Waals surface area contributed by atoms with Crippen LogP contribution in [0.15, 0.2) is 12.2 Å². The van der Waals surface area contributed by atoms with Gasteiger partial charge < -0.3 is 44.1 Å². The summed E-state index contributed by atoms with van der Waals surface area (Å²) in [7, 11) is 0. The molecule has 5 heterocycles. The van der Waals surface area contributed by atoms with E-state index in [1.165, 1.54) is 0 Å². The molecule has 0 aliphatic carbocycles. The normalized spacial score (nSPS) is 45.5. The Morgan fingerprint density at radius 2 is 1.61 bits per heavy atom. The summed E-state index contributed by atoms with van der Waals surface area (Å²) < 4.78 is 33.6. The molecule has 0 aromatic heterocycles. The van der Waals surface area contributed by atoms with Crippen LogP contribution in [-0.2, 0) is 33.3 Å². The number of hydrogen-bond acceptors (Lipinski definition) is 10. The average Bonchev–Trinajstić information content (AvgIpc) is 3.48.